The lowest BCUT2D eigenvalue weighted by Gasteiger charge is -2.18. The Morgan fingerprint density at radius 3 is 2.87 bits per heavy atom. The molecular formula is C24H27N5O2. The molecule has 2 heterocycles. The highest BCUT2D eigenvalue weighted by Crippen LogP contribution is 2.23. The normalized spacial score (nSPS) is 15.7. The minimum Gasteiger partial charge on any atom is -0.491 e. The van der Waals surface area contributed by atoms with E-state index in [1.165, 1.54) is 0 Å². The van der Waals surface area contributed by atoms with Crippen molar-refractivity contribution in [2.45, 2.75) is 19.4 Å². The number of rotatable bonds is 7. The van der Waals surface area contributed by atoms with Crippen LogP contribution in [0.25, 0.3) is 11.3 Å². The van der Waals surface area contributed by atoms with Crippen molar-refractivity contribution in [3.63, 3.8) is 0 Å². The number of hydrogen-bond donors (Lipinski definition) is 2. The Kier molecular flexibility index (Phi) is 6.43. The number of ether oxygens (including phenoxy) is 1. The lowest BCUT2D eigenvalue weighted by atomic mass is 10.1. The monoisotopic (exact) mass is 417 g/mol. The number of nitrogens with zero attached hydrogens (tertiary/aromatic N) is 3. The van der Waals surface area contributed by atoms with Gasteiger partial charge in [0.2, 0.25) is 5.95 Å². The highest BCUT2D eigenvalue weighted by molar-refractivity contribution is 5.97. The Labute approximate surface area is 182 Å². The van der Waals surface area contributed by atoms with Gasteiger partial charge in [0.15, 0.2) is 0 Å². The second-order valence-electron chi connectivity index (χ2n) is 7.65. The third-order valence-corrected chi connectivity index (χ3v) is 5.27. The number of carbonyl (C=O) groups is 1. The van der Waals surface area contributed by atoms with Crippen LogP contribution in [0.3, 0.4) is 0 Å². The molecule has 7 nitrogen and oxygen atoms in total. The molecule has 31 heavy (non-hydrogen) atoms. The van der Waals surface area contributed by atoms with E-state index in [9.17, 15) is 4.79 Å². The summed E-state index contributed by atoms with van der Waals surface area (Å²) >= 11 is 0. The number of carbonyl (C=O) groups excluding carboxylic acids is 1. The van der Waals surface area contributed by atoms with E-state index in [1.54, 1.807) is 6.20 Å². The van der Waals surface area contributed by atoms with E-state index in [2.05, 4.69) is 15.2 Å². The van der Waals surface area contributed by atoms with E-state index >= 15 is 0 Å². The first-order chi connectivity index (χ1) is 15.1. The van der Waals surface area contributed by atoms with Crippen LogP contribution in [0.2, 0.25) is 0 Å². The van der Waals surface area contributed by atoms with Crippen molar-refractivity contribution >= 4 is 11.9 Å². The van der Waals surface area contributed by atoms with Crippen LogP contribution in [0.1, 0.15) is 22.3 Å². The largest absolute Gasteiger partial charge is 0.491 e. The van der Waals surface area contributed by atoms with E-state index in [4.69, 9.17) is 15.5 Å². The fourth-order valence-corrected chi connectivity index (χ4v) is 3.71. The minimum absolute atomic E-state index is 0.0133. The predicted octanol–water partition coefficient (Wildman–Crippen LogP) is 2.80. The molecule has 0 bridgehead atoms. The van der Waals surface area contributed by atoms with Gasteiger partial charge in [0.1, 0.15) is 12.4 Å². The fraction of sp³-hybridized carbons (Fsp3) is 0.292. The van der Waals surface area contributed by atoms with Gasteiger partial charge < -0.3 is 20.7 Å². The summed E-state index contributed by atoms with van der Waals surface area (Å²) in [7, 11) is 0. The van der Waals surface area contributed by atoms with E-state index < -0.39 is 0 Å². The summed E-state index contributed by atoms with van der Waals surface area (Å²) in [6.07, 6.45) is 2.61. The first-order valence-corrected chi connectivity index (χ1v) is 10.5. The second-order valence-corrected chi connectivity index (χ2v) is 7.65. The molecule has 3 N–H and O–H groups in total. The van der Waals surface area contributed by atoms with Crippen LogP contribution < -0.4 is 20.7 Å². The van der Waals surface area contributed by atoms with Crippen LogP contribution in [-0.4, -0.2) is 48.2 Å². The Balaban J connectivity index is 1.43. The number of benzene rings is 2. The molecule has 160 valence electrons. The molecule has 0 aliphatic carbocycles. The second kappa shape index (κ2) is 9.57. The average Bonchev–Trinajstić information content (AvgIpc) is 3.27. The summed E-state index contributed by atoms with van der Waals surface area (Å²) in [5, 5.41) is 3.14. The lowest BCUT2D eigenvalue weighted by molar-refractivity contribution is 0.0936. The van der Waals surface area contributed by atoms with Crippen LogP contribution in [0, 0.1) is 6.92 Å². The molecule has 1 saturated heterocycles. The van der Waals surface area contributed by atoms with Gasteiger partial charge >= 0.3 is 0 Å². The molecule has 1 amide bonds. The van der Waals surface area contributed by atoms with Gasteiger partial charge in [-0.05, 0) is 31.5 Å². The van der Waals surface area contributed by atoms with Gasteiger partial charge in [-0.1, -0.05) is 42.0 Å². The third-order valence-electron chi connectivity index (χ3n) is 5.27. The van der Waals surface area contributed by atoms with E-state index in [0.717, 1.165) is 29.8 Å². The summed E-state index contributed by atoms with van der Waals surface area (Å²) in [6, 6.07) is 17.6. The van der Waals surface area contributed by atoms with Crippen molar-refractivity contribution in [2.24, 2.45) is 5.73 Å². The van der Waals surface area contributed by atoms with Crippen LogP contribution in [-0.2, 0) is 0 Å². The quantitative estimate of drug-likeness (QED) is 0.614. The van der Waals surface area contributed by atoms with Crippen molar-refractivity contribution in [3.05, 3.63) is 71.9 Å². The molecule has 0 saturated carbocycles. The minimum atomic E-state index is -0.137. The van der Waals surface area contributed by atoms with Gasteiger partial charge in [-0.15, -0.1) is 0 Å². The van der Waals surface area contributed by atoms with Gasteiger partial charge in [0, 0.05) is 37.4 Å². The maximum Gasteiger partial charge on any atom is 0.255 e. The number of nitrogens with one attached hydrogen (secondary N) is 1. The van der Waals surface area contributed by atoms with Crippen molar-refractivity contribution in [2.75, 3.05) is 31.1 Å². The zero-order chi connectivity index (χ0) is 21.6. The maximum atomic E-state index is 12.9. The molecule has 4 rings (SSSR count). The molecule has 2 aromatic carbocycles. The average molecular weight is 418 g/mol. The molecule has 1 aliphatic rings. The zero-order valence-electron chi connectivity index (χ0n) is 17.6. The first kappa shape index (κ1) is 20.8. The number of aryl methyl sites for hydroxylation is 1. The molecule has 1 fully saturated rings. The fourth-order valence-electron chi connectivity index (χ4n) is 3.71. The Bertz CT molecular complexity index is 1040. The van der Waals surface area contributed by atoms with E-state index in [0.29, 0.717) is 37.0 Å². The molecule has 1 aromatic heterocycles. The molecule has 0 radical (unpaired) electrons. The SMILES string of the molecule is Cc1ccc(OCCN)c(C(=O)NC2CCN(c3nccc(-c4ccccc4)n3)C2)c1. The number of aromatic nitrogens is 2. The lowest BCUT2D eigenvalue weighted by Crippen LogP contribution is -2.37. The van der Waals surface area contributed by atoms with Crippen LogP contribution in [0.5, 0.6) is 5.75 Å². The van der Waals surface area contributed by atoms with Crippen molar-refractivity contribution in [3.8, 4) is 17.0 Å². The molecule has 0 spiro atoms. The molecule has 1 unspecified atom stereocenters. The Morgan fingerprint density at radius 2 is 2.06 bits per heavy atom. The topological polar surface area (TPSA) is 93.4 Å². The standard InChI is InChI=1S/C24H27N5O2/c1-17-7-8-22(31-14-11-25)20(15-17)23(30)27-19-10-13-29(16-19)24-26-12-9-21(28-24)18-5-3-2-4-6-18/h2-9,12,15,19H,10-11,13-14,16,25H2,1H3,(H,27,30). The van der Waals surface area contributed by atoms with E-state index in [1.807, 2.05) is 61.5 Å². The number of amides is 1. The Morgan fingerprint density at radius 1 is 1.23 bits per heavy atom. The van der Waals surface area contributed by atoms with Gasteiger partial charge in [0.25, 0.3) is 5.91 Å². The predicted molar refractivity (Wildman–Crippen MR) is 121 cm³/mol. The number of hydrogen-bond acceptors (Lipinski definition) is 6. The first-order valence-electron chi connectivity index (χ1n) is 10.5. The van der Waals surface area contributed by atoms with Gasteiger partial charge in [-0.3, -0.25) is 4.79 Å². The van der Waals surface area contributed by atoms with Crippen LogP contribution in [0.15, 0.2) is 60.8 Å². The molecule has 7 heteroatoms. The van der Waals surface area contributed by atoms with Crippen LogP contribution >= 0.6 is 0 Å². The van der Waals surface area contributed by atoms with Crippen molar-refractivity contribution in [1.29, 1.82) is 0 Å². The van der Waals surface area contributed by atoms with Crippen molar-refractivity contribution in [1.82, 2.24) is 15.3 Å². The Hall–Kier alpha value is -3.45. The summed E-state index contributed by atoms with van der Waals surface area (Å²) in [5.74, 6) is 1.10. The van der Waals surface area contributed by atoms with Gasteiger partial charge in [0.05, 0.1) is 11.3 Å². The summed E-state index contributed by atoms with van der Waals surface area (Å²) in [6.45, 7) is 4.17. The number of anilines is 1. The zero-order valence-corrected chi connectivity index (χ0v) is 17.6. The summed E-state index contributed by atoms with van der Waals surface area (Å²) in [5.41, 5.74) is 9.02. The smallest absolute Gasteiger partial charge is 0.255 e. The maximum absolute atomic E-state index is 12.9. The van der Waals surface area contributed by atoms with Crippen molar-refractivity contribution < 1.29 is 9.53 Å². The number of nitrogens with two attached hydrogens (primary N) is 1. The molecule has 3 aromatic rings. The molecule has 1 atom stereocenters. The molecular weight excluding hydrogens is 390 g/mol. The van der Waals surface area contributed by atoms with Gasteiger partial charge in [-0.25, -0.2) is 9.97 Å². The van der Waals surface area contributed by atoms with E-state index in [-0.39, 0.29) is 11.9 Å². The summed E-state index contributed by atoms with van der Waals surface area (Å²) in [4.78, 5) is 24.2. The van der Waals surface area contributed by atoms with Gasteiger partial charge in [-0.2, -0.15) is 0 Å². The highest BCUT2D eigenvalue weighted by Gasteiger charge is 2.27. The van der Waals surface area contributed by atoms with Crippen LogP contribution in [0.4, 0.5) is 5.95 Å². The highest BCUT2D eigenvalue weighted by atomic mass is 16.5. The third kappa shape index (κ3) is 5.00. The summed E-state index contributed by atoms with van der Waals surface area (Å²) < 4.78 is 5.66. The molecule has 1 aliphatic heterocycles.